The van der Waals surface area contributed by atoms with E-state index in [1.54, 1.807) is 25.3 Å². The number of carbonyl (C=O) groups excluding carboxylic acids is 2. The Morgan fingerprint density at radius 2 is 1.79 bits per heavy atom. The Hall–Kier alpha value is -2.73. The first-order valence-corrected chi connectivity index (χ1v) is 9.52. The van der Waals surface area contributed by atoms with E-state index >= 15 is 0 Å². The maximum atomic E-state index is 12.1. The van der Waals surface area contributed by atoms with E-state index in [1.807, 2.05) is 38.1 Å². The minimum Gasteiger partial charge on any atom is -0.497 e. The number of halogens is 1. The normalized spacial score (nSPS) is 10.5. The van der Waals surface area contributed by atoms with Crippen molar-refractivity contribution in [2.24, 2.45) is 5.92 Å². The second-order valence-electron chi connectivity index (χ2n) is 6.78. The summed E-state index contributed by atoms with van der Waals surface area (Å²) in [6.45, 7) is 5.09. The highest BCUT2D eigenvalue weighted by Gasteiger charge is 2.12. The Morgan fingerprint density at radius 3 is 2.39 bits per heavy atom. The van der Waals surface area contributed by atoms with Gasteiger partial charge in [-0.3, -0.25) is 4.79 Å². The summed E-state index contributed by atoms with van der Waals surface area (Å²) in [4.78, 5) is 24.2. The Balaban J connectivity index is 1.82. The molecule has 28 heavy (non-hydrogen) atoms. The minimum absolute atomic E-state index is 0.228. The molecule has 150 valence electrons. The fourth-order valence-electron chi connectivity index (χ4n) is 2.46. The smallest absolute Gasteiger partial charge is 0.319 e. The molecule has 0 unspecified atom stereocenters. The number of methoxy groups -OCH3 is 1. The fraction of sp³-hybridized carbons (Fsp3) is 0.333. The topological polar surface area (TPSA) is 79.5 Å². The number of hydrogen-bond acceptors (Lipinski definition) is 3. The van der Waals surface area contributed by atoms with Gasteiger partial charge in [0.25, 0.3) is 5.91 Å². The number of carbonyl (C=O) groups is 2. The zero-order chi connectivity index (χ0) is 20.5. The van der Waals surface area contributed by atoms with Crippen molar-refractivity contribution in [1.82, 2.24) is 10.6 Å². The first-order valence-electron chi connectivity index (χ1n) is 9.14. The highest BCUT2D eigenvalue weighted by Crippen LogP contribution is 2.21. The molecular formula is C21H26ClN3O3. The van der Waals surface area contributed by atoms with Crippen LogP contribution in [0.15, 0.2) is 42.5 Å². The summed E-state index contributed by atoms with van der Waals surface area (Å²) in [5.74, 6) is 0.923. The second-order valence-corrected chi connectivity index (χ2v) is 7.18. The number of ether oxygens (including phenoxy) is 1. The van der Waals surface area contributed by atoms with Gasteiger partial charge in [-0.05, 0) is 48.2 Å². The highest BCUT2D eigenvalue weighted by atomic mass is 35.5. The van der Waals surface area contributed by atoms with Crippen LogP contribution in [-0.2, 0) is 6.42 Å². The number of urea groups is 1. The zero-order valence-electron chi connectivity index (χ0n) is 16.3. The van der Waals surface area contributed by atoms with E-state index in [2.05, 4.69) is 16.0 Å². The van der Waals surface area contributed by atoms with Crippen LogP contribution in [0.5, 0.6) is 5.75 Å². The molecule has 0 aromatic heterocycles. The molecule has 0 spiro atoms. The molecule has 0 saturated carbocycles. The standard InChI is InChI=1S/C21H26ClN3O3/c1-14(2)13-24-20(26)18-9-6-16(12-19(18)22)25-21(27)23-11-10-15-4-7-17(28-3)8-5-15/h4-9,12,14H,10-11,13H2,1-3H3,(H,24,26)(H2,23,25,27). The van der Waals surface area contributed by atoms with Crippen LogP contribution < -0.4 is 20.7 Å². The van der Waals surface area contributed by atoms with Gasteiger partial charge in [0.2, 0.25) is 0 Å². The molecule has 0 aliphatic rings. The van der Waals surface area contributed by atoms with Crippen molar-refractivity contribution in [2.75, 3.05) is 25.5 Å². The third-order valence-electron chi connectivity index (χ3n) is 4.00. The number of nitrogens with one attached hydrogen (secondary N) is 3. The summed E-state index contributed by atoms with van der Waals surface area (Å²) in [6.07, 6.45) is 0.702. The Bertz CT molecular complexity index is 807. The lowest BCUT2D eigenvalue weighted by Crippen LogP contribution is -2.30. The summed E-state index contributed by atoms with van der Waals surface area (Å²) < 4.78 is 5.12. The molecule has 0 saturated heterocycles. The van der Waals surface area contributed by atoms with Gasteiger partial charge in [0.15, 0.2) is 0 Å². The van der Waals surface area contributed by atoms with Gasteiger partial charge in [0.1, 0.15) is 5.75 Å². The summed E-state index contributed by atoms with van der Waals surface area (Å²) in [5, 5.41) is 8.62. The van der Waals surface area contributed by atoms with Crippen LogP contribution in [0.3, 0.4) is 0 Å². The number of amides is 3. The lowest BCUT2D eigenvalue weighted by molar-refractivity contribution is 0.0949. The molecule has 3 amide bonds. The summed E-state index contributed by atoms with van der Waals surface area (Å²) in [7, 11) is 1.62. The average Bonchev–Trinajstić information content (AvgIpc) is 2.66. The molecule has 0 atom stereocenters. The van der Waals surface area contributed by atoms with Crippen molar-refractivity contribution >= 4 is 29.2 Å². The monoisotopic (exact) mass is 403 g/mol. The van der Waals surface area contributed by atoms with Crippen molar-refractivity contribution in [3.05, 3.63) is 58.6 Å². The predicted molar refractivity (Wildman–Crippen MR) is 112 cm³/mol. The molecule has 0 aliphatic heterocycles. The predicted octanol–water partition coefficient (Wildman–Crippen LogP) is 4.10. The number of rotatable bonds is 8. The van der Waals surface area contributed by atoms with Gasteiger partial charge in [-0.1, -0.05) is 37.6 Å². The first-order chi connectivity index (χ1) is 13.4. The lowest BCUT2D eigenvalue weighted by atomic mass is 10.1. The molecule has 0 aliphatic carbocycles. The SMILES string of the molecule is COc1ccc(CCNC(=O)Nc2ccc(C(=O)NCC(C)C)c(Cl)c2)cc1. The minimum atomic E-state index is -0.332. The first kappa shape index (κ1) is 21.6. The summed E-state index contributed by atoms with van der Waals surface area (Å²) in [6, 6.07) is 12.2. The maximum Gasteiger partial charge on any atom is 0.319 e. The maximum absolute atomic E-state index is 12.1. The molecule has 0 fully saturated rings. The van der Waals surface area contributed by atoms with E-state index in [0.29, 0.717) is 36.7 Å². The molecule has 0 bridgehead atoms. The van der Waals surface area contributed by atoms with Crippen LogP contribution in [0.1, 0.15) is 29.8 Å². The van der Waals surface area contributed by atoms with Gasteiger partial charge in [0, 0.05) is 18.8 Å². The molecule has 3 N–H and O–H groups in total. The molecule has 2 aromatic rings. The van der Waals surface area contributed by atoms with E-state index in [1.165, 1.54) is 0 Å². The van der Waals surface area contributed by atoms with Crippen LogP contribution in [-0.4, -0.2) is 32.1 Å². The lowest BCUT2D eigenvalue weighted by Gasteiger charge is -2.11. The van der Waals surface area contributed by atoms with Crippen molar-refractivity contribution in [2.45, 2.75) is 20.3 Å². The van der Waals surface area contributed by atoms with E-state index in [4.69, 9.17) is 16.3 Å². The van der Waals surface area contributed by atoms with Crippen LogP contribution >= 0.6 is 11.6 Å². The molecule has 0 heterocycles. The van der Waals surface area contributed by atoms with E-state index in [-0.39, 0.29) is 17.0 Å². The quantitative estimate of drug-likeness (QED) is 0.620. The van der Waals surface area contributed by atoms with Crippen molar-refractivity contribution in [1.29, 1.82) is 0 Å². The van der Waals surface area contributed by atoms with Crippen molar-refractivity contribution in [3.8, 4) is 5.75 Å². The zero-order valence-corrected chi connectivity index (χ0v) is 17.1. The molecule has 6 nitrogen and oxygen atoms in total. The van der Waals surface area contributed by atoms with E-state index in [0.717, 1.165) is 11.3 Å². The summed E-state index contributed by atoms with van der Waals surface area (Å²) in [5.41, 5.74) is 2.00. The molecule has 0 radical (unpaired) electrons. The molecule has 2 aromatic carbocycles. The van der Waals surface area contributed by atoms with Gasteiger partial charge in [-0.2, -0.15) is 0 Å². The number of benzene rings is 2. The molecular weight excluding hydrogens is 378 g/mol. The van der Waals surface area contributed by atoms with Crippen LogP contribution in [0.2, 0.25) is 5.02 Å². The molecule has 7 heteroatoms. The molecule has 2 rings (SSSR count). The number of anilines is 1. The van der Waals surface area contributed by atoms with Crippen LogP contribution in [0.4, 0.5) is 10.5 Å². The average molecular weight is 404 g/mol. The third kappa shape index (κ3) is 6.78. The summed E-state index contributed by atoms with van der Waals surface area (Å²) >= 11 is 6.19. The second kappa shape index (κ2) is 10.6. The fourth-order valence-corrected chi connectivity index (χ4v) is 2.72. The van der Waals surface area contributed by atoms with Crippen LogP contribution in [0.25, 0.3) is 0 Å². The number of hydrogen-bond donors (Lipinski definition) is 3. The Morgan fingerprint density at radius 1 is 1.07 bits per heavy atom. The van der Waals surface area contributed by atoms with Gasteiger partial charge in [-0.15, -0.1) is 0 Å². The van der Waals surface area contributed by atoms with E-state index in [9.17, 15) is 9.59 Å². The van der Waals surface area contributed by atoms with Crippen molar-refractivity contribution < 1.29 is 14.3 Å². The van der Waals surface area contributed by atoms with Crippen molar-refractivity contribution in [3.63, 3.8) is 0 Å². The third-order valence-corrected chi connectivity index (χ3v) is 4.31. The van der Waals surface area contributed by atoms with Gasteiger partial charge in [-0.25, -0.2) is 4.79 Å². The van der Waals surface area contributed by atoms with Gasteiger partial charge >= 0.3 is 6.03 Å². The van der Waals surface area contributed by atoms with Gasteiger partial charge in [0.05, 0.1) is 17.7 Å². The Labute approximate surface area is 170 Å². The van der Waals surface area contributed by atoms with E-state index < -0.39 is 0 Å². The highest BCUT2D eigenvalue weighted by molar-refractivity contribution is 6.34. The Kier molecular flexibility index (Phi) is 8.14. The van der Waals surface area contributed by atoms with Crippen LogP contribution in [0, 0.1) is 5.92 Å². The largest absolute Gasteiger partial charge is 0.497 e. The van der Waals surface area contributed by atoms with Gasteiger partial charge < -0.3 is 20.7 Å².